The topological polar surface area (TPSA) is 163 Å². The number of aliphatic hydroxyl groups excluding tert-OH is 1. The third-order valence-electron chi connectivity index (χ3n) is 8.85. The number of amides is 1. The molecule has 2 aromatic carbocycles. The van der Waals surface area contributed by atoms with E-state index >= 15 is 0 Å². The summed E-state index contributed by atoms with van der Waals surface area (Å²) < 4.78 is 12.4. The molecule has 1 aliphatic carbocycles. The van der Waals surface area contributed by atoms with Crippen molar-refractivity contribution in [3.8, 4) is 28.8 Å². The molecule has 232 valence electrons. The van der Waals surface area contributed by atoms with Crippen LogP contribution in [0.15, 0.2) is 60.9 Å². The van der Waals surface area contributed by atoms with E-state index in [2.05, 4.69) is 61.1 Å². The summed E-state index contributed by atoms with van der Waals surface area (Å²) in [7, 11) is 0. The smallest absolute Gasteiger partial charge is 0.235 e. The molecule has 0 unspecified atom stereocenters. The lowest BCUT2D eigenvalue weighted by Gasteiger charge is -2.28. The zero-order valence-electron chi connectivity index (χ0n) is 25.3. The number of tetrazole rings is 1. The van der Waals surface area contributed by atoms with Gasteiger partial charge in [0.25, 0.3) is 0 Å². The number of pyridine rings is 1. The second kappa shape index (κ2) is 11.6. The number of para-hydroxylation sites is 1. The van der Waals surface area contributed by atoms with Crippen LogP contribution in [-0.4, -0.2) is 66.4 Å². The molecule has 0 bridgehead atoms. The standard InChI is InChI=1S/C33H36N8O4/c1-32(2,36-18-21(42)19-44-25-11-6-10-24-27(25)33(31(43)37-24)13-3-4-14-33)16-20-17-35-28-22(20)8-5-12-26(28)45-30-23(9-7-15-34-30)29-38-40-41-39-29/h5-12,15,17,21,35-36,42H,3-4,13-14,16,18-19H2,1-2H3,(H,37,43)(H,38,39,40,41)/t21-/m0/s1. The molecule has 12 nitrogen and oxygen atoms in total. The molecule has 1 fully saturated rings. The summed E-state index contributed by atoms with van der Waals surface area (Å²) in [6.07, 6.45) is 7.32. The van der Waals surface area contributed by atoms with Gasteiger partial charge in [-0.05, 0) is 74.2 Å². The molecule has 5 N–H and O–H groups in total. The molecule has 12 heteroatoms. The molecule has 1 spiro atoms. The van der Waals surface area contributed by atoms with E-state index in [1.807, 2.05) is 42.6 Å². The van der Waals surface area contributed by atoms with Crippen molar-refractivity contribution >= 4 is 22.5 Å². The number of carbonyl (C=O) groups excluding carboxylic acids is 1. The van der Waals surface area contributed by atoms with Crippen molar-refractivity contribution in [1.29, 1.82) is 0 Å². The van der Waals surface area contributed by atoms with E-state index in [4.69, 9.17) is 9.47 Å². The third kappa shape index (κ3) is 5.51. The number of nitrogens with zero attached hydrogens (tertiary/aromatic N) is 4. The summed E-state index contributed by atoms with van der Waals surface area (Å²) in [4.78, 5) is 20.7. The Balaban J connectivity index is 0.998. The van der Waals surface area contributed by atoms with Crippen LogP contribution in [0.2, 0.25) is 0 Å². The maximum atomic E-state index is 12.9. The first kappa shape index (κ1) is 28.9. The SMILES string of the molecule is CC(C)(Cc1c[nH]c2c(Oc3ncccc3-c3nn[nH]n3)cccc12)NC[C@H](O)COc1cccc2c1C1(CCCC1)C(=O)N2. The lowest BCUT2D eigenvalue weighted by atomic mass is 9.79. The van der Waals surface area contributed by atoms with Crippen LogP contribution in [0, 0.1) is 0 Å². The highest BCUT2D eigenvalue weighted by Gasteiger charge is 2.50. The highest BCUT2D eigenvalue weighted by Crippen LogP contribution is 2.52. The van der Waals surface area contributed by atoms with Gasteiger partial charge in [0.1, 0.15) is 18.5 Å². The van der Waals surface area contributed by atoms with Crippen molar-refractivity contribution < 1.29 is 19.4 Å². The first-order valence-corrected chi connectivity index (χ1v) is 15.3. The van der Waals surface area contributed by atoms with Crippen LogP contribution in [0.5, 0.6) is 17.4 Å². The predicted molar refractivity (Wildman–Crippen MR) is 168 cm³/mol. The minimum absolute atomic E-state index is 0.0660. The number of rotatable bonds is 11. The van der Waals surface area contributed by atoms with E-state index in [-0.39, 0.29) is 18.1 Å². The fourth-order valence-electron chi connectivity index (χ4n) is 6.68. The molecule has 3 aromatic heterocycles. The Bertz CT molecular complexity index is 1830. The Morgan fingerprint density at radius 2 is 1.91 bits per heavy atom. The molecule has 1 amide bonds. The molecule has 2 aliphatic rings. The van der Waals surface area contributed by atoms with Gasteiger partial charge >= 0.3 is 0 Å². The Kier molecular flexibility index (Phi) is 7.46. The van der Waals surface area contributed by atoms with Gasteiger partial charge in [-0.3, -0.25) is 4.79 Å². The highest BCUT2D eigenvalue weighted by atomic mass is 16.5. The number of nitrogens with one attached hydrogen (secondary N) is 4. The molecule has 45 heavy (non-hydrogen) atoms. The van der Waals surface area contributed by atoms with Crippen LogP contribution < -0.4 is 20.1 Å². The first-order valence-electron chi connectivity index (χ1n) is 15.3. The number of carbonyl (C=O) groups is 1. The highest BCUT2D eigenvalue weighted by molar-refractivity contribution is 6.07. The molecule has 1 aliphatic heterocycles. The van der Waals surface area contributed by atoms with Gasteiger partial charge in [0.15, 0.2) is 5.75 Å². The van der Waals surface area contributed by atoms with Crippen LogP contribution in [0.3, 0.4) is 0 Å². The lowest BCUT2D eigenvalue weighted by molar-refractivity contribution is -0.120. The van der Waals surface area contributed by atoms with Crippen LogP contribution in [-0.2, 0) is 16.6 Å². The Morgan fingerprint density at radius 1 is 1.09 bits per heavy atom. The third-order valence-corrected chi connectivity index (χ3v) is 8.85. The van der Waals surface area contributed by atoms with E-state index in [0.29, 0.717) is 41.7 Å². The number of ether oxygens (including phenoxy) is 2. The monoisotopic (exact) mass is 608 g/mol. The summed E-state index contributed by atoms with van der Waals surface area (Å²) in [5, 5.41) is 32.7. The molecule has 5 aromatic rings. The van der Waals surface area contributed by atoms with Gasteiger partial charge in [0, 0.05) is 41.1 Å². The van der Waals surface area contributed by atoms with Gasteiger partial charge in [-0.1, -0.05) is 31.0 Å². The van der Waals surface area contributed by atoms with E-state index in [9.17, 15) is 9.90 Å². The van der Waals surface area contributed by atoms with E-state index < -0.39 is 11.5 Å². The van der Waals surface area contributed by atoms with Crippen LogP contribution >= 0.6 is 0 Å². The van der Waals surface area contributed by atoms with Crippen molar-refractivity contribution in [2.45, 2.75) is 63.0 Å². The Hall–Kier alpha value is -4.81. The molecular formula is C33H36N8O4. The number of anilines is 1. The summed E-state index contributed by atoms with van der Waals surface area (Å²) in [6.45, 7) is 4.68. The van der Waals surface area contributed by atoms with Gasteiger partial charge in [-0.25, -0.2) is 4.98 Å². The summed E-state index contributed by atoms with van der Waals surface area (Å²) in [6, 6.07) is 15.2. The van der Waals surface area contributed by atoms with Gasteiger partial charge in [0.05, 0.1) is 16.5 Å². The van der Waals surface area contributed by atoms with Gasteiger partial charge in [-0.15, -0.1) is 10.2 Å². The average Bonchev–Trinajstić information content (AvgIpc) is 3.85. The molecule has 7 rings (SSSR count). The largest absolute Gasteiger partial charge is 0.490 e. The fraction of sp³-hybridized carbons (Fsp3) is 0.364. The van der Waals surface area contributed by atoms with Crippen molar-refractivity contribution in [1.82, 2.24) is 35.9 Å². The number of fused-ring (bicyclic) bond motifs is 3. The second-order valence-electron chi connectivity index (χ2n) is 12.5. The summed E-state index contributed by atoms with van der Waals surface area (Å²) >= 11 is 0. The first-order chi connectivity index (χ1) is 21.8. The number of hydrogen-bond donors (Lipinski definition) is 5. The predicted octanol–water partition coefficient (Wildman–Crippen LogP) is 4.65. The van der Waals surface area contributed by atoms with Crippen molar-refractivity contribution in [3.05, 3.63) is 72.1 Å². The zero-order chi connectivity index (χ0) is 31.0. The summed E-state index contributed by atoms with van der Waals surface area (Å²) in [5.41, 5.74) is 3.52. The molecule has 1 atom stereocenters. The number of hydrogen-bond acceptors (Lipinski definition) is 9. The van der Waals surface area contributed by atoms with Gasteiger partial charge in [-0.2, -0.15) is 5.21 Å². The minimum Gasteiger partial charge on any atom is -0.490 e. The Labute approximate surface area is 260 Å². The number of H-pyrrole nitrogens is 2. The number of β-amino-alcohol motifs (C(OH)–C–C–N with tert-alkyl or cyclic N) is 1. The molecule has 0 saturated heterocycles. The zero-order valence-corrected chi connectivity index (χ0v) is 25.3. The van der Waals surface area contributed by atoms with E-state index in [0.717, 1.165) is 53.4 Å². The van der Waals surface area contributed by atoms with Crippen molar-refractivity contribution in [2.24, 2.45) is 0 Å². The Morgan fingerprint density at radius 3 is 2.73 bits per heavy atom. The quantitative estimate of drug-likeness (QED) is 0.144. The maximum Gasteiger partial charge on any atom is 0.235 e. The molecule has 4 heterocycles. The molecule has 1 saturated carbocycles. The maximum absolute atomic E-state index is 12.9. The van der Waals surface area contributed by atoms with E-state index in [1.54, 1.807) is 12.3 Å². The van der Waals surface area contributed by atoms with Crippen molar-refractivity contribution in [2.75, 3.05) is 18.5 Å². The van der Waals surface area contributed by atoms with E-state index in [1.165, 1.54) is 0 Å². The fourth-order valence-corrected chi connectivity index (χ4v) is 6.68. The summed E-state index contributed by atoms with van der Waals surface area (Å²) in [5.74, 6) is 2.15. The normalized spacial score (nSPS) is 16.2. The number of aliphatic hydroxyl groups is 1. The van der Waals surface area contributed by atoms with Crippen molar-refractivity contribution in [3.63, 3.8) is 0 Å². The number of benzene rings is 2. The second-order valence-corrected chi connectivity index (χ2v) is 12.5. The molecule has 0 radical (unpaired) electrons. The lowest BCUT2D eigenvalue weighted by Crippen LogP contribution is -2.46. The average molecular weight is 609 g/mol. The van der Waals surface area contributed by atoms with Gasteiger partial charge < -0.3 is 30.2 Å². The van der Waals surface area contributed by atoms with Crippen LogP contribution in [0.25, 0.3) is 22.3 Å². The van der Waals surface area contributed by atoms with Crippen LogP contribution in [0.4, 0.5) is 5.69 Å². The van der Waals surface area contributed by atoms with Crippen LogP contribution in [0.1, 0.15) is 50.7 Å². The number of aromatic amines is 2. The number of aromatic nitrogens is 6. The van der Waals surface area contributed by atoms with Gasteiger partial charge in [0.2, 0.25) is 17.6 Å². The minimum atomic E-state index is -0.737. The molecular weight excluding hydrogens is 572 g/mol.